The quantitative estimate of drug-likeness (QED) is 0.598. The molecule has 0 heterocycles. The Balaban J connectivity index is 1.70. The van der Waals surface area contributed by atoms with Crippen LogP contribution in [0, 0.1) is 0 Å². The van der Waals surface area contributed by atoms with Gasteiger partial charge in [-0.05, 0) is 49.7 Å². The molecule has 0 spiro atoms. The Kier molecular flexibility index (Phi) is 6.71. The van der Waals surface area contributed by atoms with Crippen LogP contribution in [0.25, 0.3) is 0 Å². The second-order valence-corrected chi connectivity index (χ2v) is 5.34. The van der Waals surface area contributed by atoms with E-state index in [1.54, 1.807) is 0 Å². The molecule has 2 aromatic carbocycles. The molecule has 2 aromatic rings. The number of benzene rings is 2. The summed E-state index contributed by atoms with van der Waals surface area (Å²) in [6, 6.07) is 18.3. The molecule has 0 aliphatic heterocycles. The van der Waals surface area contributed by atoms with E-state index in [2.05, 4.69) is 34.9 Å². The molecular weight excluding hydrogens is 292 g/mol. The molecule has 0 atom stereocenters. The normalized spacial score (nSPS) is 10.0. The first kappa shape index (κ1) is 16.3. The van der Waals surface area contributed by atoms with Crippen molar-refractivity contribution in [3.05, 3.63) is 60.2 Å². The van der Waals surface area contributed by atoms with Gasteiger partial charge in [-0.1, -0.05) is 36.4 Å². The van der Waals surface area contributed by atoms with Gasteiger partial charge < -0.3 is 15.4 Å². The van der Waals surface area contributed by atoms with Crippen LogP contribution in [-0.4, -0.2) is 18.3 Å². The smallest absolute Gasteiger partial charge is 0.170 e. The number of hydrogen-bond donors (Lipinski definition) is 2. The molecule has 3 nitrogen and oxygen atoms in total. The molecule has 0 saturated carbocycles. The van der Waals surface area contributed by atoms with Gasteiger partial charge in [0.25, 0.3) is 0 Å². The number of thiocarbonyl (C=S) groups is 1. The van der Waals surface area contributed by atoms with Crippen LogP contribution in [0.15, 0.2) is 54.6 Å². The summed E-state index contributed by atoms with van der Waals surface area (Å²) >= 11 is 5.31. The van der Waals surface area contributed by atoms with Crippen molar-refractivity contribution < 1.29 is 4.74 Å². The molecular formula is C18H22N2OS. The first-order chi connectivity index (χ1) is 10.8. The molecule has 4 heteroatoms. The maximum atomic E-state index is 5.47. The molecule has 22 heavy (non-hydrogen) atoms. The van der Waals surface area contributed by atoms with Crippen molar-refractivity contribution in [3.8, 4) is 5.75 Å². The van der Waals surface area contributed by atoms with Crippen LogP contribution in [-0.2, 0) is 6.42 Å². The second-order valence-electron chi connectivity index (χ2n) is 4.93. The lowest BCUT2D eigenvalue weighted by Crippen LogP contribution is -2.29. The van der Waals surface area contributed by atoms with Crippen molar-refractivity contribution in [2.24, 2.45) is 0 Å². The summed E-state index contributed by atoms with van der Waals surface area (Å²) in [5.41, 5.74) is 2.29. The van der Waals surface area contributed by atoms with Crippen molar-refractivity contribution in [1.82, 2.24) is 5.32 Å². The van der Waals surface area contributed by atoms with E-state index < -0.39 is 0 Å². The molecule has 116 valence electrons. The first-order valence-corrected chi connectivity index (χ1v) is 8.00. The van der Waals surface area contributed by atoms with E-state index in [4.69, 9.17) is 17.0 Å². The molecule has 0 bridgehead atoms. The lowest BCUT2D eigenvalue weighted by molar-refractivity contribution is 0.340. The highest BCUT2D eigenvalue weighted by Crippen LogP contribution is 2.17. The van der Waals surface area contributed by atoms with Gasteiger partial charge in [0.2, 0.25) is 0 Å². The summed E-state index contributed by atoms with van der Waals surface area (Å²) in [5.74, 6) is 0.847. The SMILES string of the molecule is CCOc1cccc(NC(=S)NCCCc2ccccc2)c1. The molecule has 0 saturated heterocycles. The number of hydrogen-bond acceptors (Lipinski definition) is 2. The Labute approximate surface area is 137 Å². The Hall–Kier alpha value is -2.07. The largest absolute Gasteiger partial charge is 0.494 e. The maximum absolute atomic E-state index is 5.47. The van der Waals surface area contributed by atoms with E-state index in [1.165, 1.54) is 5.56 Å². The van der Waals surface area contributed by atoms with Crippen LogP contribution in [0.1, 0.15) is 18.9 Å². The minimum absolute atomic E-state index is 0.640. The van der Waals surface area contributed by atoms with Crippen LogP contribution >= 0.6 is 12.2 Å². The molecule has 0 aliphatic rings. The van der Waals surface area contributed by atoms with E-state index in [9.17, 15) is 0 Å². The minimum Gasteiger partial charge on any atom is -0.494 e. The summed E-state index contributed by atoms with van der Waals surface area (Å²) in [5, 5.41) is 7.05. The van der Waals surface area contributed by atoms with E-state index in [-0.39, 0.29) is 0 Å². The van der Waals surface area contributed by atoms with E-state index in [1.807, 2.05) is 37.3 Å². The summed E-state index contributed by atoms with van der Waals surface area (Å²) < 4.78 is 5.47. The standard InChI is InChI=1S/C18H22N2OS/c1-2-21-17-12-6-11-16(14-17)20-18(22)19-13-7-10-15-8-4-3-5-9-15/h3-6,8-9,11-12,14H,2,7,10,13H2,1H3,(H2,19,20,22). The molecule has 0 amide bonds. The van der Waals surface area contributed by atoms with Crippen LogP contribution in [0.5, 0.6) is 5.75 Å². The lowest BCUT2D eigenvalue weighted by Gasteiger charge is -2.11. The zero-order valence-electron chi connectivity index (χ0n) is 12.8. The summed E-state index contributed by atoms with van der Waals surface area (Å²) in [4.78, 5) is 0. The van der Waals surface area contributed by atoms with Crippen molar-refractivity contribution >= 4 is 23.0 Å². The van der Waals surface area contributed by atoms with Gasteiger partial charge in [-0.15, -0.1) is 0 Å². The highest BCUT2D eigenvalue weighted by Gasteiger charge is 1.99. The number of rotatable bonds is 7. The molecule has 0 fully saturated rings. The number of aryl methyl sites for hydroxylation is 1. The predicted octanol–water partition coefficient (Wildman–Crippen LogP) is 4.00. The third kappa shape index (κ3) is 5.74. The second kappa shape index (κ2) is 9.05. The summed E-state index contributed by atoms with van der Waals surface area (Å²) in [6.07, 6.45) is 2.10. The van der Waals surface area contributed by atoms with Crippen molar-refractivity contribution in [1.29, 1.82) is 0 Å². The average Bonchev–Trinajstić information content (AvgIpc) is 2.53. The van der Waals surface area contributed by atoms with Crippen LogP contribution in [0.2, 0.25) is 0 Å². The van der Waals surface area contributed by atoms with Gasteiger partial charge >= 0.3 is 0 Å². The van der Waals surface area contributed by atoms with Crippen molar-refractivity contribution in [3.63, 3.8) is 0 Å². The minimum atomic E-state index is 0.640. The van der Waals surface area contributed by atoms with E-state index in [0.29, 0.717) is 11.7 Å². The highest BCUT2D eigenvalue weighted by atomic mass is 32.1. The third-order valence-electron chi connectivity index (χ3n) is 3.17. The Morgan fingerprint density at radius 3 is 2.68 bits per heavy atom. The zero-order valence-corrected chi connectivity index (χ0v) is 13.7. The topological polar surface area (TPSA) is 33.3 Å². The molecule has 0 unspecified atom stereocenters. The van der Waals surface area contributed by atoms with Crippen LogP contribution < -0.4 is 15.4 Å². The van der Waals surface area contributed by atoms with Gasteiger partial charge in [0.15, 0.2) is 5.11 Å². The van der Waals surface area contributed by atoms with Gasteiger partial charge in [-0.3, -0.25) is 0 Å². The molecule has 0 radical (unpaired) electrons. The molecule has 0 aromatic heterocycles. The maximum Gasteiger partial charge on any atom is 0.170 e. The molecule has 0 aliphatic carbocycles. The summed E-state index contributed by atoms with van der Waals surface area (Å²) in [7, 11) is 0. The fourth-order valence-electron chi connectivity index (χ4n) is 2.14. The third-order valence-corrected chi connectivity index (χ3v) is 3.42. The predicted molar refractivity (Wildman–Crippen MR) is 96.6 cm³/mol. The van der Waals surface area contributed by atoms with Gasteiger partial charge in [-0.2, -0.15) is 0 Å². The summed E-state index contributed by atoms with van der Waals surface area (Å²) in [6.45, 7) is 3.48. The number of anilines is 1. The Bertz CT molecular complexity index is 587. The average molecular weight is 314 g/mol. The van der Waals surface area contributed by atoms with Crippen LogP contribution in [0.4, 0.5) is 5.69 Å². The monoisotopic (exact) mass is 314 g/mol. The fourth-order valence-corrected chi connectivity index (χ4v) is 2.36. The molecule has 2 N–H and O–H groups in total. The van der Waals surface area contributed by atoms with Crippen molar-refractivity contribution in [2.45, 2.75) is 19.8 Å². The number of ether oxygens (including phenoxy) is 1. The van der Waals surface area contributed by atoms with E-state index in [0.717, 1.165) is 30.8 Å². The van der Waals surface area contributed by atoms with Gasteiger partial charge in [0.05, 0.1) is 6.61 Å². The first-order valence-electron chi connectivity index (χ1n) is 7.59. The Morgan fingerprint density at radius 1 is 1.09 bits per heavy atom. The van der Waals surface area contributed by atoms with Gasteiger partial charge in [0, 0.05) is 18.3 Å². The van der Waals surface area contributed by atoms with Gasteiger partial charge in [0.1, 0.15) is 5.75 Å². The molecule has 2 rings (SSSR count). The van der Waals surface area contributed by atoms with Crippen molar-refractivity contribution in [2.75, 3.05) is 18.5 Å². The van der Waals surface area contributed by atoms with Crippen LogP contribution in [0.3, 0.4) is 0 Å². The lowest BCUT2D eigenvalue weighted by atomic mass is 10.1. The number of nitrogens with one attached hydrogen (secondary N) is 2. The Morgan fingerprint density at radius 2 is 1.91 bits per heavy atom. The zero-order chi connectivity index (χ0) is 15.6. The fraction of sp³-hybridized carbons (Fsp3) is 0.278. The highest BCUT2D eigenvalue weighted by molar-refractivity contribution is 7.80. The van der Waals surface area contributed by atoms with Gasteiger partial charge in [-0.25, -0.2) is 0 Å². The van der Waals surface area contributed by atoms with E-state index >= 15 is 0 Å².